The Bertz CT molecular complexity index is 564. The third-order valence-electron chi connectivity index (χ3n) is 3.86. The maximum Gasteiger partial charge on any atom is 0.244 e. The first kappa shape index (κ1) is 12.4. The predicted molar refractivity (Wildman–Crippen MR) is 73.6 cm³/mol. The lowest BCUT2D eigenvalue weighted by Crippen LogP contribution is -2.33. The maximum absolute atomic E-state index is 5.46. The molecule has 1 saturated heterocycles. The van der Waals surface area contributed by atoms with E-state index in [0.717, 1.165) is 12.1 Å². The molecular weight excluding hydrogens is 238 g/mol. The molecule has 0 radical (unpaired) electrons. The van der Waals surface area contributed by atoms with Crippen LogP contribution in [-0.4, -0.2) is 16.7 Å². The fourth-order valence-electron chi connectivity index (χ4n) is 2.67. The molecule has 1 aromatic carbocycles. The van der Waals surface area contributed by atoms with Gasteiger partial charge in [-0.1, -0.05) is 36.3 Å². The van der Waals surface area contributed by atoms with Crippen molar-refractivity contribution in [2.75, 3.05) is 6.54 Å². The summed E-state index contributed by atoms with van der Waals surface area (Å²) in [5.74, 6) is 1.94. The number of aryl methyl sites for hydroxylation is 1. The first-order valence-electron chi connectivity index (χ1n) is 6.88. The number of nitrogens with one attached hydrogen (secondary N) is 1. The molecule has 2 aromatic rings. The Kier molecular flexibility index (Phi) is 3.34. The van der Waals surface area contributed by atoms with Crippen LogP contribution in [0.5, 0.6) is 0 Å². The van der Waals surface area contributed by atoms with Gasteiger partial charge in [0.1, 0.15) is 0 Å². The number of hydrogen-bond donors (Lipinski definition) is 1. The zero-order valence-corrected chi connectivity index (χ0v) is 11.4. The normalized spacial score (nSPS) is 23.5. The van der Waals surface area contributed by atoms with Crippen LogP contribution in [0.2, 0.25) is 0 Å². The molecule has 4 heteroatoms. The Balaban J connectivity index is 1.89. The van der Waals surface area contributed by atoms with E-state index >= 15 is 0 Å². The Hall–Kier alpha value is -1.68. The summed E-state index contributed by atoms with van der Waals surface area (Å²) in [4.78, 5) is 4.58. The van der Waals surface area contributed by atoms with Crippen LogP contribution in [0.15, 0.2) is 28.8 Å². The predicted octanol–water partition coefficient (Wildman–Crippen LogP) is 3.11. The van der Waals surface area contributed by atoms with Crippen LogP contribution in [0.1, 0.15) is 37.3 Å². The Morgan fingerprint density at radius 3 is 2.95 bits per heavy atom. The fourth-order valence-corrected chi connectivity index (χ4v) is 2.67. The number of aromatic nitrogens is 2. The van der Waals surface area contributed by atoms with Crippen molar-refractivity contribution in [3.63, 3.8) is 0 Å². The van der Waals surface area contributed by atoms with Crippen LogP contribution in [0.4, 0.5) is 0 Å². The molecule has 2 unspecified atom stereocenters. The van der Waals surface area contributed by atoms with Gasteiger partial charge in [-0.25, -0.2) is 0 Å². The molecule has 2 atom stereocenters. The zero-order chi connectivity index (χ0) is 13.2. The zero-order valence-electron chi connectivity index (χ0n) is 11.4. The standard InChI is InChI=1S/C15H19N3O/c1-10-6-3-4-8-12(10)14-17-15(19-18-14)13-11(2)7-5-9-16-13/h3-4,6,8,11,13,16H,5,7,9H2,1-2H3. The lowest BCUT2D eigenvalue weighted by atomic mass is 9.93. The van der Waals surface area contributed by atoms with Gasteiger partial charge in [-0.15, -0.1) is 0 Å². The maximum atomic E-state index is 5.46. The van der Waals surface area contributed by atoms with E-state index < -0.39 is 0 Å². The summed E-state index contributed by atoms with van der Waals surface area (Å²) in [5, 5.41) is 7.60. The van der Waals surface area contributed by atoms with Gasteiger partial charge in [0, 0.05) is 5.56 Å². The first-order chi connectivity index (χ1) is 9.25. The smallest absolute Gasteiger partial charge is 0.244 e. The average molecular weight is 257 g/mol. The van der Waals surface area contributed by atoms with E-state index in [1.165, 1.54) is 18.4 Å². The first-order valence-corrected chi connectivity index (χ1v) is 6.88. The third-order valence-corrected chi connectivity index (χ3v) is 3.86. The van der Waals surface area contributed by atoms with Crippen molar-refractivity contribution in [2.24, 2.45) is 5.92 Å². The van der Waals surface area contributed by atoms with Gasteiger partial charge in [0.2, 0.25) is 11.7 Å². The molecule has 0 bridgehead atoms. The molecule has 0 amide bonds. The minimum atomic E-state index is 0.194. The highest BCUT2D eigenvalue weighted by Crippen LogP contribution is 2.29. The van der Waals surface area contributed by atoms with Gasteiger partial charge in [0.15, 0.2) is 0 Å². The van der Waals surface area contributed by atoms with E-state index in [9.17, 15) is 0 Å². The van der Waals surface area contributed by atoms with Crippen molar-refractivity contribution in [3.8, 4) is 11.4 Å². The lowest BCUT2D eigenvalue weighted by molar-refractivity contribution is 0.239. The van der Waals surface area contributed by atoms with E-state index in [1.54, 1.807) is 0 Å². The van der Waals surface area contributed by atoms with Gasteiger partial charge in [0.25, 0.3) is 0 Å². The number of rotatable bonds is 2. The van der Waals surface area contributed by atoms with Gasteiger partial charge in [-0.2, -0.15) is 4.98 Å². The summed E-state index contributed by atoms with van der Waals surface area (Å²) in [7, 11) is 0. The van der Waals surface area contributed by atoms with E-state index in [1.807, 2.05) is 18.2 Å². The van der Waals surface area contributed by atoms with Crippen molar-refractivity contribution in [2.45, 2.75) is 32.7 Å². The topological polar surface area (TPSA) is 51.0 Å². The Morgan fingerprint density at radius 1 is 1.32 bits per heavy atom. The van der Waals surface area contributed by atoms with Crippen LogP contribution in [0, 0.1) is 12.8 Å². The van der Waals surface area contributed by atoms with Gasteiger partial charge >= 0.3 is 0 Å². The molecule has 4 nitrogen and oxygen atoms in total. The molecule has 1 aliphatic rings. The van der Waals surface area contributed by atoms with E-state index in [2.05, 4.69) is 35.4 Å². The molecule has 1 N–H and O–H groups in total. The van der Waals surface area contributed by atoms with Crippen LogP contribution >= 0.6 is 0 Å². The molecular formula is C15H19N3O. The summed E-state index contributed by atoms with van der Waals surface area (Å²) >= 11 is 0. The van der Waals surface area contributed by atoms with Gasteiger partial charge < -0.3 is 9.84 Å². The van der Waals surface area contributed by atoms with Crippen LogP contribution in [0.25, 0.3) is 11.4 Å². The fraction of sp³-hybridized carbons (Fsp3) is 0.467. The van der Waals surface area contributed by atoms with E-state index in [-0.39, 0.29) is 6.04 Å². The summed E-state index contributed by atoms with van der Waals surface area (Å²) in [6.45, 7) is 5.32. The monoisotopic (exact) mass is 257 g/mol. The van der Waals surface area contributed by atoms with Crippen molar-refractivity contribution in [3.05, 3.63) is 35.7 Å². The van der Waals surface area contributed by atoms with Gasteiger partial charge in [-0.3, -0.25) is 0 Å². The minimum absolute atomic E-state index is 0.194. The second-order valence-electron chi connectivity index (χ2n) is 5.32. The molecule has 0 saturated carbocycles. The summed E-state index contributed by atoms with van der Waals surface area (Å²) in [6, 6.07) is 8.30. The second kappa shape index (κ2) is 5.13. The highest BCUT2D eigenvalue weighted by atomic mass is 16.5. The molecule has 1 aromatic heterocycles. The average Bonchev–Trinajstić information content (AvgIpc) is 2.89. The van der Waals surface area contributed by atoms with E-state index in [0.29, 0.717) is 17.6 Å². The molecule has 0 aliphatic carbocycles. The van der Waals surface area contributed by atoms with Crippen molar-refractivity contribution in [1.29, 1.82) is 0 Å². The number of benzene rings is 1. The Morgan fingerprint density at radius 2 is 2.16 bits per heavy atom. The largest absolute Gasteiger partial charge is 0.337 e. The van der Waals surface area contributed by atoms with Crippen LogP contribution < -0.4 is 5.32 Å². The Labute approximate surface area is 113 Å². The molecule has 1 fully saturated rings. The molecule has 19 heavy (non-hydrogen) atoms. The molecule has 0 spiro atoms. The van der Waals surface area contributed by atoms with Crippen LogP contribution in [0.3, 0.4) is 0 Å². The van der Waals surface area contributed by atoms with E-state index in [4.69, 9.17) is 4.52 Å². The summed E-state index contributed by atoms with van der Waals surface area (Å²) < 4.78 is 5.46. The second-order valence-corrected chi connectivity index (χ2v) is 5.32. The molecule has 100 valence electrons. The quantitative estimate of drug-likeness (QED) is 0.898. The third kappa shape index (κ3) is 2.40. The summed E-state index contributed by atoms with van der Waals surface area (Å²) in [6.07, 6.45) is 2.43. The molecule has 2 heterocycles. The van der Waals surface area contributed by atoms with Gasteiger partial charge in [-0.05, 0) is 37.8 Å². The van der Waals surface area contributed by atoms with Crippen molar-refractivity contribution >= 4 is 0 Å². The van der Waals surface area contributed by atoms with Crippen molar-refractivity contribution in [1.82, 2.24) is 15.5 Å². The number of hydrogen-bond acceptors (Lipinski definition) is 4. The minimum Gasteiger partial charge on any atom is -0.337 e. The molecule has 3 rings (SSSR count). The highest BCUT2D eigenvalue weighted by Gasteiger charge is 2.27. The number of nitrogens with zero attached hydrogens (tertiary/aromatic N) is 2. The highest BCUT2D eigenvalue weighted by molar-refractivity contribution is 5.58. The van der Waals surface area contributed by atoms with Gasteiger partial charge in [0.05, 0.1) is 6.04 Å². The lowest BCUT2D eigenvalue weighted by Gasteiger charge is -2.26. The SMILES string of the molecule is Cc1ccccc1-c1noc(C2NCCCC2C)n1. The number of piperidine rings is 1. The molecule has 1 aliphatic heterocycles. The van der Waals surface area contributed by atoms with Crippen LogP contribution in [-0.2, 0) is 0 Å². The van der Waals surface area contributed by atoms with Crippen molar-refractivity contribution < 1.29 is 4.52 Å². The summed E-state index contributed by atoms with van der Waals surface area (Å²) in [5.41, 5.74) is 2.21.